The van der Waals surface area contributed by atoms with Gasteiger partial charge in [0.15, 0.2) is 16.5 Å². The van der Waals surface area contributed by atoms with Gasteiger partial charge in [-0.05, 0) is 91.1 Å². The fourth-order valence-corrected chi connectivity index (χ4v) is 4.71. The Labute approximate surface area is 241 Å². The van der Waals surface area contributed by atoms with Crippen molar-refractivity contribution in [1.29, 1.82) is 0 Å². The van der Waals surface area contributed by atoms with E-state index in [4.69, 9.17) is 49.2 Å². The molecule has 2 aromatic heterocycles. The van der Waals surface area contributed by atoms with Crippen LogP contribution in [0.5, 0.6) is 0 Å². The Morgan fingerprint density at radius 3 is 2.67 bits per heavy atom. The Bertz CT molecular complexity index is 1710. The summed E-state index contributed by atoms with van der Waals surface area (Å²) in [6.45, 7) is 6.30. The minimum atomic E-state index is -0.498. The summed E-state index contributed by atoms with van der Waals surface area (Å²) >= 11 is 17.8. The minimum Gasteiger partial charge on any atom is -0.451 e. The lowest BCUT2D eigenvalue weighted by Crippen LogP contribution is -2.34. The largest absolute Gasteiger partial charge is 0.451 e. The molecule has 9 heteroatoms. The molecule has 2 N–H and O–H groups in total. The maximum Gasteiger partial charge on any atom is 0.293 e. The van der Waals surface area contributed by atoms with Crippen LogP contribution in [0.2, 0.25) is 10.0 Å². The predicted octanol–water partition coefficient (Wildman–Crippen LogP) is 9.01. The van der Waals surface area contributed by atoms with Crippen molar-refractivity contribution in [2.45, 2.75) is 33.1 Å². The first-order valence-corrected chi connectivity index (χ1v) is 13.6. The maximum absolute atomic E-state index is 12.8. The Kier molecular flexibility index (Phi) is 7.75. The van der Waals surface area contributed by atoms with Gasteiger partial charge in [0, 0.05) is 16.8 Å². The van der Waals surface area contributed by atoms with Crippen LogP contribution in [0.3, 0.4) is 0 Å². The Morgan fingerprint density at radius 1 is 1.05 bits per heavy atom. The quantitative estimate of drug-likeness (QED) is 0.196. The molecule has 39 heavy (non-hydrogen) atoms. The van der Waals surface area contributed by atoms with Gasteiger partial charge in [-0.3, -0.25) is 10.1 Å². The molecule has 2 heterocycles. The highest BCUT2D eigenvalue weighted by Gasteiger charge is 2.17. The number of rotatable bonds is 6. The topological polar surface area (TPSA) is 80.3 Å². The van der Waals surface area contributed by atoms with E-state index in [9.17, 15) is 4.79 Å². The zero-order valence-electron chi connectivity index (χ0n) is 21.5. The van der Waals surface area contributed by atoms with Crippen molar-refractivity contribution in [2.24, 2.45) is 0 Å². The van der Waals surface area contributed by atoms with E-state index >= 15 is 0 Å². The van der Waals surface area contributed by atoms with Crippen LogP contribution in [-0.2, 0) is 0 Å². The Hall–Kier alpha value is -3.65. The molecule has 198 valence electrons. The maximum atomic E-state index is 12.8. The second-order valence-corrected chi connectivity index (χ2v) is 10.5. The number of hydrogen-bond donors (Lipinski definition) is 2. The number of nitrogens with zero attached hydrogens (tertiary/aromatic N) is 1. The van der Waals surface area contributed by atoms with E-state index in [1.165, 1.54) is 5.56 Å². The molecule has 3 aromatic carbocycles. The zero-order chi connectivity index (χ0) is 27.7. The van der Waals surface area contributed by atoms with Crippen molar-refractivity contribution in [3.63, 3.8) is 0 Å². The lowest BCUT2D eigenvalue weighted by Gasteiger charge is -2.12. The molecule has 0 aliphatic carbocycles. The molecule has 0 spiro atoms. The van der Waals surface area contributed by atoms with Gasteiger partial charge in [-0.25, -0.2) is 4.98 Å². The third-order valence-electron chi connectivity index (χ3n) is 6.60. The van der Waals surface area contributed by atoms with Gasteiger partial charge in [0.2, 0.25) is 5.89 Å². The van der Waals surface area contributed by atoms with Crippen LogP contribution in [0.1, 0.15) is 47.9 Å². The highest BCUT2D eigenvalue weighted by molar-refractivity contribution is 7.80. The van der Waals surface area contributed by atoms with Crippen molar-refractivity contribution in [3.05, 3.63) is 93.7 Å². The summed E-state index contributed by atoms with van der Waals surface area (Å²) in [5, 5.41) is 6.61. The van der Waals surface area contributed by atoms with E-state index in [0.29, 0.717) is 38.9 Å². The number of carbonyl (C=O) groups excluding carboxylic acids is 1. The van der Waals surface area contributed by atoms with Gasteiger partial charge in [-0.15, -0.1) is 0 Å². The summed E-state index contributed by atoms with van der Waals surface area (Å²) in [4.78, 5) is 17.5. The van der Waals surface area contributed by atoms with Crippen LogP contribution in [0.25, 0.3) is 33.9 Å². The van der Waals surface area contributed by atoms with E-state index < -0.39 is 5.91 Å². The number of carbonyl (C=O) groups is 1. The molecule has 0 saturated heterocycles. The number of amides is 1. The van der Waals surface area contributed by atoms with Gasteiger partial charge < -0.3 is 14.2 Å². The molecule has 0 fully saturated rings. The Balaban J connectivity index is 1.30. The van der Waals surface area contributed by atoms with Crippen LogP contribution in [0.4, 0.5) is 5.69 Å². The highest BCUT2D eigenvalue weighted by atomic mass is 35.5. The van der Waals surface area contributed by atoms with Crippen LogP contribution in [-0.4, -0.2) is 16.0 Å². The standard InChI is InChI=1S/C30H25Cl2N3O3S/c1-4-16(2)18-10-11-25-23(14-18)33-29(38-25)19-9-8-17(3)22(15-19)34-30(39)35-28(36)26-13-12-24(37-26)20-6-5-7-21(31)27(20)32/h5-16H,4H2,1-3H3,(H2,34,35,36,39). The third-order valence-corrected chi connectivity index (χ3v) is 7.62. The first kappa shape index (κ1) is 26.9. The molecule has 0 aliphatic rings. The van der Waals surface area contributed by atoms with Crippen molar-refractivity contribution in [2.75, 3.05) is 5.32 Å². The molecule has 0 aliphatic heterocycles. The van der Waals surface area contributed by atoms with Crippen LogP contribution >= 0.6 is 35.4 Å². The number of aryl methyl sites for hydroxylation is 1. The van der Waals surface area contributed by atoms with Gasteiger partial charge >= 0.3 is 0 Å². The van der Waals surface area contributed by atoms with Crippen molar-refractivity contribution >= 4 is 63.2 Å². The van der Waals surface area contributed by atoms with Gasteiger partial charge in [-0.2, -0.15) is 0 Å². The van der Waals surface area contributed by atoms with Gasteiger partial charge in [0.05, 0.1) is 10.0 Å². The number of furan rings is 1. The molecule has 5 aromatic rings. The highest BCUT2D eigenvalue weighted by Crippen LogP contribution is 2.34. The number of benzene rings is 3. The number of halogens is 2. The monoisotopic (exact) mass is 577 g/mol. The normalized spacial score (nSPS) is 11.9. The molecule has 0 radical (unpaired) electrons. The summed E-state index contributed by atoms with van der Waals surface area (Å²) < 4.78 is 11.7. The predicted molar refractivity (Wildman–Crippen MR) is 161 cm³/mol. The summed E-state index contributed by atoms with van der Waals surface area (Å²) in [7, 11) is 0. The molecule has 1 atom stereocenters. The average molecular weight is 579 g/mol. The fourth-order valence-electron chi connectivity index (χ4n) is 4.12. The molecule has 6 nitrogen and oxygen atoms in total. The van der Waals surface area contributed by atoms with Crippen molar-refractivity contribution in [1.82, 2.24) is 10.3 Å². The summed E-state index contributed by atoms with van der Waals surface area (Å²) in [5.41, 5.74) is 5.80. The number of nitrogens with one attached hydrogen (secondary N) is 2. The van der Waals surface area contributed by atoms with E-state index in [-0.39, 0.29) is 10.9 Å². The minimum absolute atomic E-state index is 0.0823. The van der Waals surface area contributed by atoms with Crippen LogP contribution in [0.15, 0.2) is 75.6 Å². The summed E-state index contributed by atoms with van der Waals surface area (Å²) in [5.74, 6) is 0.959. The van der Waals surface area contributed by atoms with Crippen LogP contribution in [0, 0.1) is 6.92 Å². The summed E-state index contributed by atoms with van der Waals surface area (Å²) in [6.07, 6.45) is 1.05. The van der Waals surface area contributed by atoms with Gasteiger partial charge in [0.25, 0.3) is 5.91 Å². The number of thiocarbonyl (C=S) groups is 1. The lowest BCUT2D eigenvalue weighted by molar-refractivity contribution is 0.0951. The number of aromatic nitrogens is 1. The van der Waals surface area contributed by atoms with E-state index in [0.717, 1.165) is 28.6 Å². The molecule has 1 unspecified atom stereocenters. The molecule has 0 saturated carbocycles. The lowest BCUT2D eigenvalue weighted by atomic mass is 9.98. The number of anilines is 1. The number of hydrogen-bond acceptors (Lipinski definition) is 5. The smallest absolute Gasteiger partial charge is 0.293 e. The van der Waals surface area contributed by atoms with Crippen molar-refractivity contribution in [3.8, 4) is 22.8 Å². The second kappa shape index (κ2) is 11.2. The zero-order valence-corrected chi connectivity index (χ0v) is 23.8. The average Bonchev–Trinajstić information content (AvgIpc) is 3.58. The molecule has 0 bridgehead atoms. The first-order valence-electron chi connectivity index (χ1n) is 12.4. The van der Waals surface area contributed by atoms with Gasteiger partial charge in [0.1, 0.15) is 11.3 Å². The summed E-state index contributed by atoms with van der Waals surface area (Å²) in [6, 6.07) is 20.3. The second-order valence-electron chi connectivity index (χ2n) is 9.26. The van der Waals surface area contributed by atoms with Gasteiger partial charge in [-0.1, -0.05) is 55.2 Å². The van der Waals surface area contributed by atoms with E-state index in [2.05, 4.69) is 36.6 Å². The van der Waals surface area contributed by atoms with Crippen LogP contribution < -0.4 is 10.6 Å². The van der Waals surface area contributed by atoms with Crippen molar-refractivity contribution < 1.29 is 13.6 Å². The fraction of sp³-hybridized carbons (Fsp3) is 0.167. The van der Waals surface area contributed by atoms with E-state index in [1.54, 1.807) is 30.3 Å². The number of oxazole rings is 1. The third kappa shape index (κ3) is 5.71. The Morgan fingerprint density at radius 2 is 1.87 bits per heavy atom. The molecule has 5 rings (SSSR count). The number of fused-ring (bicyclic) bond motifs is 1. The molecular formula is C30H25Cl2N3O3S. The molecule has 1 amide bonds. The first-order chi connectivity index (χ1) is 18.7. The molecular weight excluding hydrogens is 553 g/mol. The SMILES string of the molecule is CCC(C)c1ccc2oc(-c3ccc(C)c(NC(=S)NC(=O)c4ccc(-c5cccc(Cl)c5Cl)o4)c3)nc2c1. The van der Waals surface area contributed by atoms with E-state index in [1.807, 2.05) is 31.2 Å².